The van der Waals surface area contributed by atoms with E-state index in [4.69, 9.17) is 0 Å². The number of rotatable bonds is 1. The highest BCUT2D eigenvalue weighted by Gasteiger charge is 2.11. The van der Waals surface area contributed by atoms with E-state index in [2.05, 4.69) is 16.3 Å². The van der Waals surface area contributed by atoms with E-state index in [1.165, 1.54) is 0 Å². The first kappa shape index (κ1) is 6.69. The molecule has 0 radical (unpaired) electrons. The van der Waals surface area contributed by atoms with Crippen molar-refractivity contribution in [2.45, 2.75) is 5.63 Å². The van der Waals surface area contributed by atoms with Gasteiger partial charge in [0.25, 0.3) is 5.63 Å². The van der Waals surface area contributed by atoms with Gasteiger partial charge < -0.3 is 4.74 Å². The van der Waals surface area contributed by atoms with Crippen molar-refractivity contribution in [3.8, 4) is 0 Å². The smallest absolute Gasteiger partial charge is 0.356 e. The lowest BCUT2D eigenvalue weighted by atomic mass is 10.8. The van der Waals surface area contributed by atoms with Gasteiger partial charge in [0.05, 0.1) is 7.11 Å². The third kappa shape index (κ3) is 2.39. The average Bonchev–Trinajstić information content (AvgIpc) is 1.65. The number of hydrogen-bond donors (Lipinski definition) is 0. The first-order chi connectivity index (χ1) is 3.18. The van der Waals surface area contributed by atoms with Crippen molar-refractivity contribution >= 4 is 17.6 Å². The van der Waals surface area contributed by atoms with Crippen molar-refractivity contribution in [2.75, 3.05) is 7.11 Å². The number of esters is 1. The summed E-state index contributed by atoms with van der Waals surface area (Å²) in [4.78, 5) is 9.78. The molecule has 4 heteroatoms. The molecule has 2 nitrogen and oxygen atoms in total. The van der Waals surface area contributed by atoms with E-state index in [0.29, 0.717) is 0 Å². The van der Waals surface area contributed by atoms with Crippen LogP contribution in [0.15, 0.2) is 0 Å². The Kier molecular flexibility index (Phi) is 2.67. The second-order valence-electron chi connectivity index (χ2n) is 0.824. The molecule has 0 aromatic rings. The maximum Gasteiger partial charge on any atom is 0.356 e. The van der Waals surface area contributed by atoms with E-state index in [-0.39, 0.29) is 0 Å². The maximum atomic E-state index is 11.4. The van der Waals surface area contributed by atoms with Gasteiger partial charge in [0.2, 0.25) is 0 Å². The lowest BCUT2D eigenvalue weighted by Crippen LogP contribution is -2.09. The van der Waals surface area contributed by atoms with Gasteiger partial charge in [-0.05, 0) is 0 Å². The van der Waals surface area contributed by atoms with Crippen LogP contribution in [0, 0.1) is 0 Å². The molecule has 7 heavy (non-hydrogen) atoms. The van der Waals surface area contributed by atoms with E-state index < -0.39 is 11.6 Å². The Balaban J connectivity index is 3.35. The number of alkyl halides is 2. The molecule has 0 aromatic carbocycles. The van der Waals surface area contributed by atoms with E-state index in [1.54, 1.807) is 0 Å². The summed E-state index contributed by atoms with van der Waals surface area (Å²) in [5, 5.41) is 0. The minimum absolute atomic E-state index is 1.05. The van der Waals surface area contributed by atoms with E-state index in [1.807, 2.05) is 0 Å². The number of methoxy groups -OCH3 is 1. The summed E-state index contributed by atoms with van der Waals surface area (Å²) in [6, 6.07) is 0. The SMILES string of the molecule is COC(=O)[C@H](F)Cl. The Morgan fingerprint density at radius 1 is 2.00 bits per heavy atom. The molecular weight excluding hydrogens is 122 g/mol. The molecule has 0 aliphatic rings. The highest BCUT2D eigenvalue weighted by molar-refractivity contribution is 6.28. The van der Waals surface area contributed by atoms with Crippen LogP contribution in [0.2, 0.25) is 0 Å². The fraction of sp³-hybridized carbons (Fsp3) is 0.667. The zero-order chi connectivity index (χ0) is 5.86. The lowest BCUT2D eigenvalue weighted by Gasteiger charge is -1.92. The summed E-state index contributed by atoms with van der Waals surface area (Å²) >= 11 is 4.59. The zero-order valence-corrected chi connectivity index (χ0v) is 4.41. The van der Waals surface area contributed by atoms with Crippen LogP contribution < -0.4 is 0 Å². The van der Waals surface area contributed by atoms with Crippen LogP contribution in [0.4, 0.5) is 4.39 Å². The number of halogens is 2. The van der Waals surface area contributed by atoms with Crippen molar-refractivity contribution < 1.29 is 13.9 Å². The Bertz CT molecular complexity index is 73.3. The van der Waals surface area contributed by atoms with Gasteiger partial charge in [-0.2, -0.15) is 0 Å². The predicted molar refractivity (Wildman–Crippen MR) is 22.8 cm³/mol. The molecule has 0 bridgehead atoms. The summed E-state index contributed by atoms with van der Waals surface area (Å²) in [7, 11) is 1.07. The van der Waals surface area contributed by atoms with Crippen molar-refractivity contribution in [3.63, 3.8) is 0 Å². The fourth-order valence-corrected chi connectivity index (χ4v) is 0.178. The van der Waals surface area contributed by atoms with Gasteiger partial charge in [-0.15, -0.1) is 0 Å². The molecule has 0 saturated heterocycles. The molecule has 0 aliphatic heterocycles. The fourth-order valence-electron chi connectivity index (χ4n) is 0.0891. The number of carbonyl (C=O) groups is 1. The van der Waals surface area contributed by atoms with Crippen molar-refractivity contribution in [1.82, 2.24) is 0 Å². The van der Waals surface area contributed by atoms with Gasteiger partial charge in [-0.1, -0.05) is 11.6 Å². The van der Waals surface area contributed by atoms with Crippen molar-refractivity contribution in [2.24, 2.45) is 0 Å². The van der Waals surface area contributed by atoms with Crippen LogP contribution in [0.3, 0.4) is 0 Å². The highest BCUT2D eigenvalue weighted by atomic mass is 35.5. The lowest BCUT2D eigenvalue weighted by molar-refractivity contribution is -0.143. The molecule has 0 fully saturated rings. The standard InChI is InChI=1S/C3H4ClFO2/c1-7-3(6)2(4)5/h2H,1H3/t2-/m0/s1. The second kappa shape index (κ2) is 2.80. The van der Waals surface area contributed by atoms with Crippen LogP contribution in [-0.4, -0.2) is 18.7 Å². The van der Waals surface area contributed by atoms with Crippen molar-refractivity contribution in [1.29, 1.82) is 0 Å². The topological polar surface area (TPSA) is 26.3 Å². The summed E-state index contributed by atoms with van der Waals surface area (Å²) in [6.45, 7) is 0. The molecule has 0 aromatic heterocycles. The molecule has 0 spiro atoms. The molecule has 42 valence electrons. The van der Waals surface area contributed by atoms with Crippen LogP contribution in [-0.2, 0) is 9.53 Å². The largest absolute Gasteiger partial charge is 0.466 e. The summed E-state index contributed by atoms with van der Waals surface area (Å²) in [6.07, 6.45) is 0. The first-order valence-electron chi connectivity index (χ1n) is 1.54. The van der Waals surface area contributed by atoms with Gasteiger partial charge in [0, 0.05) is 0 Å². The predicted octanol–water partition coefficient (Wildman–Crippen LogP) is 0.694. The van der Waals surface area contributed by atoms with E-state index >= 15 is 0 Å². The molecule has 0 heterocycles. The Morgan fingerprint density at radius 2 is 2.43 bits per heavy atom. The number of carbonyl (C=O) groups excluding carboxylic acids is 1. The third-order valence-corrected chi connectivity index (χ3v) is 0.558. The summed E-state index contributed by atoms with van der Waals surface area (Å²) in [5.74, 6) is -1.05. The summed E-state index contributed by atoms with van der Waals surface area (Å²) in [5.41, 5.74) is -2.02. The maximum absolute atomic E-state index is 11.4. The van der Waals surface area contributed by atoms with Crippen LogP contribution in [0.25, 0.3) is 0 Å². The van der Waals surface area contributed by atoms with E-state index in [0.717, 1.165) is 7.11 Å². The average molecular weight is 127 g/mol. The molecule has 0 rings (SSSR count). The normalized spacial score (nSPS) is 13.0. The molecule has 0 N–H and O–H groups in total. The van der Waals surface area contributed by atoms with E-state index in [9.17, 15) is 9.18 Å². The first-order valence-corrected chi connectivity index (χ1v) is 1.98. The second-order valence-corrected chi connectivity index (χ2v) is 1.21. The molecular formula is C3H4ClFO2. The van der Waals surface area contributed by atoms with Gasteiger partial charge in [-0.3, -0.25) is 0 Å². The van der Waals surface area contributed by atoms with Crippen LogP contribution in [0.1, 0.15) is 0 Å². The Morgan fingerprint density at radius 3 is 2.43 bits per heavy atom. The Labute approximate surface area is 45.2 Å². The quantitative estimate of drug-likeness (QED) is 0.382. The molecule has 1 atom stereocenters. The number of ether oxygens (including phenoxy) is 1. The summed E-state index contributed by atoms with van der Waals surface area (Å²) < 4.78 is 15.3. The minimum Gasteiger partial charge on any atom is -0.466 e. The Hall–Kier alpha value is -0.310. The van der Waals surface area contributed by atoms with Gasteiger partial charge >= 0.3 is 5.97 Å². The van der Waals surface area contributed by atoms with Crippen LogP contribution >= 0.6 is 11.6 Å². The monoisotopic (exact) mass is 126 g/mol. The molecule has 0 aliphatic carbocycles. The minimum atomic E-state index is -2.02. The van der Waals surface area contributed by atoms with Gasteiger partial charge in [0.15, 0.2) is 0 Å². The number of hydrogen-bond acceptors (Lipinski definition) is 2. The highest BCUT2D eigenvalue weighted by Crippen LogP contribution is 1.96. The van der Waals surface area contributed by atoms with Gasteiger partial charge in [0.1, 0.15) is 0 Å². The molecule has 0 unspecified atom stereocenters. The third-order valence-electron chi connectivity index (χ3n) is 0.379. The zero-order valence-electron chi connectivity index (χ0n) is 3.65. The molecule has 0 amide bonds. The van der Waals surface area contributed by atoms with Gasteiger partial charge in [-0.25, -0.2) is 9.18 Å². The van der Waals surface area contributed by atoms with Crippen molar-refractivity contribution in [3.05, 3.63) is 0 Å². The van der Waals surface area contributed by atoms with Crippen LogP contribution in [0.5, 0.6) is 0 Å². The molecule has 0 saturated carbocycles.